The molecule has 2 atom stereocenters. The highest BCUT2D eigenvalue weighted by atomic mass is 16.5. The van der Waals surface area contributed by atoms with Crippen molar-refractivity contribution in [3.05, 3.63) is 35.9 Å². The highest BCUT2D eigenvalue weighted by Crippen LogP contribution is 2.02. The zero-order valence-electron chi connectivity index (χ0n) is 9.71. The van der Waals surface area contributed by atoms with E-state index in [0.29, 0.717) is 5.56 Å². The Morgan fingerprint density at radius 1 is 1.29 bits per heavy atom. The van der Waals surface area contributed by atoms with Crippen LogP contribution in [0.5, 0.6) is 0 Å². The van der Waals surface area contributed by atoms with Crippen molar-refractivity contribution in [3.8, 4) is 0 Å². The van der Waals surface area contributed by atoms with E-state index >= 15 is 0 Å². The van der Waals surface area contributed by atoms with Crippen LogP contribution in [0.3, 0.4) is 0 Å². The summed E-state index contributed by atoms with van der Waals surface area (Å²) in [7, 11) is 1.20. The Bertz CT molecular complexity index is 389. The number of carbonyl (C=O) groups is 2. The molecule has 0 unspecified atom stereocenters. The normalized spacial score (nSPS) is 13.6. The van der Waals surface area contributed by atoms with Crippen LogP contribution in [-0.4, -0.2) is 36.2 Å². The summed E-state index contributed by atoms with van der Waals surface area (Å²) in [5, 5.41) is 11.8. The van der Waals surface area contributed by atoms with Gasteiger partial charge in [-0.1, -0.05) is 18.2 Å². The highest BCUT2D eigenvalue weighted by molar-refractivity contribution is 5.96. The molecule has 92 valence electrons. The molecule has 0 bridgehead atoms. The zero-order chi connectivity index (χ0) is 12.8. The molecule has 5 heteroatoms. The number of nitrogens with one attached hydrogen (secondary N) is 1. The van der Waals surface area contributed by atoms with Gasteiger partial charge >= 0.3 is 5.97 Å². The molecular formula is C12H15NO4. The van der Waals surface area contributed by atoms with E-state index in [1.165, 1.54) is 14.0 Å². The largest absolute Gasteiger partial charge is 0.467 e. The fourth-order valence-corrected chi connectivity index (χ4v) is 1.32. The molecule has 0 aliphatic heterocycles. The van der Waals surface area contributed by atoms with E-state index in [-0.39, 0.29) is 0 Å². The van der Waals surface area contributed by atoms with Crippen molar-refractivity contribution in [1.82, 2.24) is 5.32 Å². The molecule has 2 N–H and O–H groups in total. The number of ether oxygens (including phenoxy) is 1. The maximum atomic E-state index is 11.7. The monoisotopic (exact) mass is 237 g/mol. The van der Waals surface area contributed by atoms with Crippen molar-refractivity contribution in [1.29, 1.82) is 0 Å². The van der Waals surface area contributed by atoms with E-state index in [1.807, 2.05) is 0 Å². The van der Waals surface area contributed by atoms with E-state index in [9.17, 15) is 14.7 Å². The van der Waals surface area contributed by atoms with E-state index in [0.717, 1.165) is 0 Å². The number of hydrogen-bond donors (Lipinski definition) is 2. The number of esters is 1. The molecule has 0 heterocycles. The first-order valence-corrected chi connectivity index (χ1v) is 5.18. The molecule has 0 saturated heterocycles. The number of aliphatic hydroxyl groups is 1. The third-order valence-corrected chi connectivity index (χ3v) is 2.26. The molecule has 0 spiro atoms. The van der Waals surface area contributed by atoms with Gasteiger partial charge < -0.3 is 15.2 Å². The summed E-state index contributed by atoms with van der Waals surface area (Å²) in [6, 6.07) is 7.38. The first-order chi connectivity index (χ1) is 8.06. The molecule has 1 aromatic carbocycles. The van der Waals surface area contributed by atoms with Gasteiger partial charge in [0.1, 0.15) is 0 Å². The maximum absolute atomic E-state index is 11.7. The lowest BCUT2D eigenvalue weighted by molar-refractivity contribution is -0.145. The number of hydrogen-bond acceptors (Lipinski definition) is 4. The number of amides is 1. The van der Waals surface area contributed by atoms with Crippen LogP contribution in [0.25, 0.3) is 0 Å². The number of aliphatic hydroxyl groups excluding tert-OH is 1. The summed E-state index contributed by atoms with van der Waals surface area (Å²) < 4.78 is 4.50. The molecule has 0 aliphatic carbocycles. The van der Waals surface area contributed by atoms with Crippen LogP contribution in [-0.2, 0) is 9.53 Å². The summed E-state index contributed by atoms with van der Waals surface area (Å²) in [4.78, 5) is 23.1. The van der Waals surface area contributed by atoms with Gasteiger partial charge in [-0.3, -0.25) is 4.79 Å². The Morgan fingerprint density at radius 3 is 2.35 bits per heavy atom. The fourth-order valence-electron chi connectivity index (χ4n) is 1.32. The molecule has 1 aromatic rings. The average molecular weight is 237 g/mol. The zero-order valence-corrected chi connectivity index (χ0v) is 9.71. The van der Waals surface area contributed by atoms with Gasteiger partial charge in [0.2, 0.25) is 0 Å². The third-order valence-electron chi connectivity index (χ3n) is 2.26. The van der Waals surface area contributed by atoms with Gasteiger partial charge in [0.05, 0.1) is 13.2 Å². The maximum Gasteiger partial charge on any atom is 0.331 e. The minimum atomic E-state index is -1.06. The van der Waals surface area contributed by atoms with Gasteiger partial charge in [-0.05, 0) is 19.1 Å². The van der Waals surface area contributed by atoms with Gasteiger partial charge in [-0.2, -0.15) is 0 Å². The van der Waals surface area contributed by atoms with Crippen molar-refractivity contribution in [2.45, 2.75) is 19.1 Å². The third kappa shape index (κ3) is 3.57. The Morgan fingerprint density at radius 2 is 1.88 bits per heavy atom. The first kappa shape index (κ1) is 13.2. The lowest BCUT2D eigenvalue weighted by Gasteiger charge is -2.18. The summed E-state index contributed by atoms with van der Waals surface area (Å²) in [5.74, 6) is -1.11. The smallest absolute Gasteiger partial charge is 0.331 e. The van der Waals surface area contributed by atoms with Gasteiger partial charge in [0, 0.05) is 5.56 Å². The second-order valence-corrected chi connectivity index (χ2v) is 3.58. The quantitative estimate of drug-likeness (QED) is 0.740. The van der Waals surface area contributed by atoms with Crippen molar-refractivity contribution in [2.24, 2.45) is 0 Å². The highest BCUT2D eigenvalue weighted by Gasteiger charge is 2.26. The fraction of sp³-hybridized carbons (Fsp3) is 0.333. The van der Waals surface area contributed by atoms with Crippen molar-refractivity contribution >= 4 is 11.9 Å². The summed E-state index contributed by atoms with van der Waals surface area (Å²) in [6.45, 7) is 1.41. The predicted molar refractivity (Wildman–Crippen MR) is 61.4 cm³/mol. The Balaban J connectivity index is 2.75. The molecule has 5 nitrogen and oxygen atoms in total. The Labute approximate surface area is 99.4 Å². The average Bonchev–Trinajstić information content (AvgIpc) is 2.35. The molecule has 1 rings (SSSR count). The van der Waals surface area contributed by atoms with Gasteiger partial charge in [-0.25, -0.2) is 4.79 Å². The summed E-state index contributed by atoms with van der Waals surface area (Å²) in [5.41, 5.74) is 0.419. The predicted octanol–water partition coefficient (Wildman–Crippen LogP) is 0.339. The van der Waals surface area contributed by atoms with Crippen LogP contribution in [0.1, 0.15) is 17.3 Å². The molecule has 0 aliphatic rings. The van der Waals surface area contributed by atoms with Crippen LogP contribution in [0.4, 0.5) is 0 Å². The van der Waals surface area contributed by atoms with Gasteiger partial charge in [-0.15, -0.1) is 0 Å². The van der Waals surface area contributed by atoms with Gasteiger partial charge in [0.25, 0.3) is 5.91 Å². The molecular weight excluding hydrogens is 222 g/mol. The molecule has 17 heavy (non-hydrogen) atoms. The second-order valence-electron chi connectivity index (χ2n) is 3.58. The minimum absolute atomic E-state index is 0.419. The SMILES string of the molecule is COC(=O)[C@H](NC(=O)c1ccccc1)[C@H](C)O. The van der Waals surface area contributed by atoms with Crippen LogP contribution < -0.4 is 5.32 Å². The van der Waals surface area contributed by atoms with Crippen molar-refractivity contribution in [2.75, 3.05) is 7.11 Å². The van der Waals surface area contributed by atoms with Crippen LogP contribution >= 0.6 is 0 Å². The lowest BCUT2D eigenvalue weighted by atomic mass is 10.1. The standard InChI is InChI=1S/C12H15NO4/c1-8(14)10(12(16)17-2)13-11(15)9-6-4-3-5-7-9/h3-8,10,14H,1-2H3,(H,13,15)/t8-,10+/m0/s1. The van der Waals surface area contributed by atoms with Crippen LogP contribution in [0.15, 0.2) is 30.3 Å². The molecule has 1 amide bonds. The number of methoxy groups -OCH3 is 1. The van der Waals surface area contributed by atoms with Crippen LogP contribution in [0.2, 0.25) is 0 Å². The Hall–Kier alpha value is -1.88. The summed E-state index contributed by atoms with van der Waals surface area (Å²) in [6.07, 6.45) is -1.02. The second kappa shape index (κ2) is 6.00. The number of rotatable bonds is 4. The van der Waals surface area contributed by atoms with Crippen LogP contribution in [0, 0.1) is 0 Å². The number of benzene rings is 1. The topological polar surface area (TPSA) is 75.6 Å². The Kier molecular flexibility index (Phi) is 4.66. The van der Waals surface area contributed by atoms with E-state index in [2.05, 4.69) is 10.1 Å². The molecule has 0 aromatic heterocycles. The molecule has 0 saturated carbocycles. The van der Waals surface area contributed by atoms with Crippen molar-refractivity contribution in [3.63, 3.8) is 0 Å². The van der Waals surface area contributed by atoms with E-state index < -0.39 is 24.0 Å². The van der Waals surface area contributed by atoms with Crippen molar-refractivity contribution < 1.29 is 19.4 Å². The van der Waals surface area contributed by atoms with E-state index in [4.69, 9.17) is 0 Å². The van der Waals surface area contributed by atoms with E-state index in [1.54, 1.807) is 30.3 Å². The molecule has 0 fully saturated rings. The first-order valence-electron chi connectivity index (χ1n) is 5.18. The number of carbonyl (C=O) groups excluding carboxylic acids is 2. The summed E-state index contributed by atoms with van der Waals surface area (Å²) >= 11 is 0. The van der Waals surface area contributed by atoms with Gasteiger partial charge in [0.15, 0.2) is 6.04 Å². The minimum Gasteiger partial charge on any atom is -0.467 e. The lowest BCUT2D eigenvalue weighted by Crippen LogP contribution is -2.48. The molecule has 0 radical (unpaired) electrons.